The first-order valence-electron chi connectivity index (χ1n) is 9.82. The Hall–Kier alpha value is -1.75. The number of ketones is 2. The van der Waals surface area contributed by atoms with Crippen LogP contribution < -0.4 is 0 Å². The van der Waals surface area contributed by atoms with Gasteiger partial charge in [0.25, 0.3) is 0 Å². The molecule has 5 heteroatoms. The summed E-state index contributed by atoms with van der Waals surface area (Å²) in [6.07, 6.45) is 3.06. The Morgan fingerprint density at radius 2 is 1.89 bits per heavy atom. The highest BCUT2D eigenvalue weighted by molar-refractivity contribution is 6.12. The minimum Gasteiger partial charge on any atom is -0.458 e. The monoisotopic (exact) mass is 374 g/mol. The van der Waals surface area contributed by atoms with Gasteiger partial charge >= 0.3 is 5.97 Å². The van der Waals surface area contributed by atoms with Crippen LogP contribution in [0.15, 0.2) is 23.8 Å². The number of aliphatic hydroxyl groups is 1. The number of carbonyl (C=O) groups is 3. The topological polar surface area (TPSA) is 80.7 Å². The molecule has 0 aromatic heterocycles. The summed E-state index contributed by atoms with van der Waals surface area (Å²) in [6.45, 7) is 11.4. The molecule has 1 N–H and O–H groups in total. The molecule has 0 heterocycles. The van der Waals surface area contributed by atoms with E-state index in [1.54, 1.807) is 6.08 Å². The molecule has 3 aliphatic rings. The van der Waals surface area contributed by atoms with E-state index in [4.69, 9.17) is 4.74 Å². The van der Waals surface area contributed by atoms with Crippen LogP contribution in [0.1, 0.15) is 59.8 Å². The van der Waals surface area contributed by atoms with Gasteiger partial charge in [-0.25, -0.2) is 0 Å². The summed E-state index contributed by atoms with van der Waals surface area (Å²) in [5.74, 6) is -1.32. The lowest BCUT2D eigenvalue weighted by Crippen LogP contribution is -2.52. The van der Waals surface area contributed by atoms with E-state index in [2.05, 4.69) is 20.4 Å². The van der Waals surface area contributed by atoms with E-state index in [1.807, 2.05) is 6.92 Å². The standard InChI is InChI=1S/C22H30O5/c1-12-14-9-15(19(12)25)17(27-13(2)23)11-18-21(3,4)7-6-8-22(18,5)20(26)16(24)10-14/h9,14,16-18,24H,1,6-8,10-11H2,2-5H3/t14-,16+,17-,18-,22-/m1/s1. The second kappa shape index (κ2) is 6.69. The molecule has 0 unspecified atom stereocenters. The number of rotatable bonds is 1. The molecule has 0 amide bonds. The van der Waals surface area contributed by atoms with Crippen molar-refractivity contribution in [2.45, 2.75) is 72.0 Å². The number of esters is 1. The summed E-state index contributed by atoms with van der Waals surface area (Å²) in [5.41, 5.74) is -0.0614. The molecular weight excluding hydrogens is 344 g/mol. The molecular formula is C22H30O5. The summed E-state index contributed by atoms with van der Waals surface area (Å²) in [7, 11) is 0. The van der Waals surface area contributed by atoms with Crippen LogP contribution in [0, 0.1) is 22.7 Å². The quantitative estimate of drug-likeness (QED) is 0.563. The average Bonchev–Trinajstić information content (AvgIpc) is 2.83. The number of hydrogen-bond acceptors (Lipinski definition) is 5. The van der Waals surface area contributed by atoms with Crippen molar-refractivity contribution in [1.82, 2.24) is 0 Å². The van der Waals surface area contributed by atoms with E-state index in [-0.39, 0.29) is 35.2 Å². The Balaban J connectivity index is 2.12. The fourth-order valence-electron chi connectivity index (χ4n) is 5.59. The van der Waals surface area contributed by atoms with E-state index < -0.39 is 23.6 Å². The number of carbonyl (C=O) groups excluding carboxylic acids is 3. The van der Waals surface area contributed by atoms with Crippen molar-refractivity contribution in [3.63, 3.8) is 0 Å². The van der Waals surface area contributed by atoms with Crippen LogP contribution in [0.4, 0.5) is 0 Å². The van der Waals surface area contributed by atoms with E-state index in [0.717, 1.165) is 12.8 Å². The molecule has 2 bridgehead atoms. The normalized spacial score (nSPS) is 38.9. The molecule has 0 aromatic carbocycles. The molecule has 148 valence electrons. The third-order valence-corrected chi connectivity index (χ3v) is 7.06. The molecule has 0 spiro atoms. The third kappa shape index (κ3) is 3.31. The fraction of sp³-hybridized carbons (Fsp3) is 0.682. The zero-order chi connectivity index (χ0) is 20.1. The maximum atomic E-state index is 13.3. The van der Waals surface area contributed by atoms with Gasteiger partial charge in [0.1, 0.15) is 12.2 Å². The van der Waals surface area contributed by atoms with Gasteiger partial charge in [-0.1, -0.05) is 39.8 Å². The summed E-state index contributed by atoms with van der Waals surface area (Å²) in [4.78, 5) is 37.8. The molecule has 1 fully saturated rings. The second-order valence-electron chi connectivity index (χ2n) is 9.34. The van der Waals surface area contributed by atoms with Gasteiger partial charge < -0.3 is 9.84 Å². The number of Topliss-reactive ketones (excluding diaryl/α,β-unsaturated/α-hetero) is 2. The molecule has 0 aromatic rings. The summed E-state index contributed by atoms with van der Waals surface area (Å²) < 4.78 is 5.58. The third-order valence-electron chi connectivity index (χ3n) is 7.06. The van der Waals surface area contributed by atoms with Crippen LogP contribution in [0.2, 0.25) is 0 Å². The van der Waals surface area contributed by atoms with Crippen LogP contribution in [0.5, 0.6) is 0 Å². The molecule has 27 heavy (non-hydrogen) atoms. The van der Waals surface area contributed by atoms with Gasteiger partial charge in [0, 0.05) is 23.8 Å². The van der Waals surface area contributed by atoms with Crippen molar-refractivity contribution in [3.05, 3.63) is 23.8 Å². The summed E-state index contributed by atoms with van der Waals surface area (Å²) in [6, 6.07) is 0. The number of hydrogen-bond donors (Lipinski definition) is 1. The largest absolute Gasteiger partial charge is 0.458 e. The Morgan fingerprint density at radius 3 is 2.52 bits per heavy atom. The van der Waals surface area contributed by atoms with Crippen molar-refractivity contribution >= 4 is 17.5 Å². The SMILES string of the molecule is C=C1C(=O)C2=C[C@@H]1C[C@H](O)C(=O)[C@]1(C)CCCC(C)(C)[C@H]1C[C@H]2OC(C)=O. The maximum Gasteiger partial charge on any atom is 0.303 e. The van der Waals surface area contributed by atoms with E-state index in [9.17, 15) is 19.5 Å². The maximum absolute atomic E-state index is 13.3. The zero-order valence-electron chi connectivity index (χ0n) is 16.7. The first kappa shape index (κ1) is 20.0. The first-order valence-corrected chi connectivity index (χ1v) is 9.82. The number of allylic oxidation sites excluding steroid dienone is 2. The summed E-state index contributed by atoms with van der Waals surface area (Å²) in [5, 5.41) is 10.7. The molecule has 0 saturated heterocycles. The Morgan fingerprint density at radius 1 is 1.22 bits per heavy atom. The van der Waals surface area contributed by atoms with Crippen LogP contribution in [-0.4, -0.2) is 34.9 Å². The van der Waals surface area contributed by atoms with Crippen molar-refractivity contribution in [1.29, 1.82) is 0 Å². The highest BCUT2D eigenvalue weighted by atomic mass is 16.5. The van der Waals surface area contributed by atoms with Gasteiger partial charge in [-0.2, -0.15) is 0 Å². The van der Waals surface area contributed by atoms with E-state index >= 15 is 0 Å². The predicted molar refractivity (Wildman–Crippen MR) is 101 cm³/mol. The Bertz CT molecular complexity index is 731. The molecule has 3 aliphatic carbocycles. The van der Waals surface area contributed by atoms with Crippen molar-refractivity contribution in [2.75, 3.05) is 0 Å². The summed E-state index contributed by atoms with van der Waals surface area (Å²) >= 11 is 0. The highest BCUT2D eigenvalue weighted by Crippen LogP contribution is 2.55. The predicted octanol–water partition coefficient (Wildman–Crippen LogP) is 3.16. The van der Waals surface area contributed by atoms with E-state index in [1.165, 1.54) is 6.92 Å². The van der Waals surface area contributed by atoms with Crippen LogP contribution in [-0.2, 0) is 19.1 Å². The molecule has 1 saturated carbocycles. The van der Waals surface area contributed by atoms with Gasteiger partial charge in [-0.05, 0) is 42.6 Å². The lowest BCUT2D eigenvalue weighted by atomic mass is 9.52. The highest BCUT2D eigenvalue weighted by Gasteiger charge is 2.54. The number of ether oxygens (including phenoxy) is 1. The van der Waals surface area contributed by atoms with Crippen LogP contribution in [0.3, 0.4) is 0 Å². The van der Waals surface area contributed by atoms with Crippen molar-refractivity contribution in [3.8, 4) is 0 Å². The molecule has 0 radical (unpaired) electrons. The molecule has 3 rings (SSSR count). The minimum atomic E-state index is -1.12. The van der Waals surface area contributed by atoms with Gasteiger partial charge in [-0.15, -0.1) is 0 Å². The van der Waals surface area contributed by atoms with Gasteiger partial charge in [0.2, 0.25) is 0 Å². The fourth-order valence-corrected chi connectivity index (χ4v) is 5.59. The van der Waals surface area contributed by atoms with Crippen LogP contribution in [0.25, 0.3) is 0 Å². The van der Waals surface area contributed by atoms with Gasteiger partial charge in [0.05, 0.1) is 0 Å². The molecule has 0 aliphatic heterocycles. The lowest BCUT2D eigenvalue weighted by Gasteiger charge is -2.51. The Labute approximate surface area is 160 Å². The van der Waals surface area contributed by atoms with Crippen molar-refractivity contribution in [2.24, 2.45) is 22.7 Å². The van der Waals surface area contributed by atoms with Gasteiger partial charge in [0.15, 0.2) is 11.6 Å². The van der Waals surface area contributed by atoms with Crippen molar-refractivity contribution < 1.29 is 24.2 Å². The van der Waals surface area contributed by atoms with Crippen LogP contribution >= 0.6 is 0 Å². The lowest BCUT2D eigenvalue weighted by molar-refractivity contribution is -0.153. The first-order chi connectivity index (χ1) is 12.5. The zero-order valence-corrected chi connectivity index (χ0v) is 16.7. The minimum absolute atomic E-state index is 0.107. The van der Waals surface area contributed by atoms with Gasteiger partial charge in [-0.3, -0.25) is 14.4 Å². The Kier molecular flexibility index (Phi) is 4.96. The second-order valence-corrected chi connectivity index (χ2v) is 9.34. The number of fused-ring (bicyclic) bond motifs is 2. The molecule has 5 nitrogen and oxygen atoms in total. The van der Waals surface area contributed by atoms with E-state index in [0.29, 0.717) is 24.0 Å². The molecule has 5 atom stereocenters. The number of aliphatic hydroxyl groups excluding tert-OH is 1. The average molecular weight is 374 g/mol. The smallest absolute Gasteiger partial charge is 0.303 e.